The maximum atomic E-state index is 11.4. The third-order valence-corrected chi connectivity index (χ3v) is 3.59. The highest BCUT2D eigenvalue weighted by Gasteiger charge is 2.20. The number of halogens is 1. The first kappa shape index (κ1) is 11.5. The van der Waals surface area contributed by atoms with Crippen LogP contribution in [-0.4, -0.2) is 15.5 Å². The minimum atomic E-state index is -3.78. The molecule has 0 spiro atoms. The van der Waals surface area contributed by atoms with Crippen LogP contribution in [0.1, 0.15) is 5.56 Å². The lowest BCUT2D eigenvalue weighted by Gasteiger charge is -2.08. The van der Waals surface area contributed by atoms with Crippen molar-refractivity contribution in [2.45, 2.75) is 11.4 Å². The van der Waals surface area contributed by atoms with E-state index < -0.39 is 10.1 Å². The first-order chi connectivity index (χ1) is 6.53. The zero-order valence-corrected chi connectivity index (χ0v) is 9.10. The minimum absolute atomic E-state index is 0.0494. The predicted molar refractivity (Wildman–Crippen MR) is 53.5 cm³/mol. The van der Waals surface area contributed by atoms with E-state index in [0.29, 0.717) is 5.56 Å². The quantitative estimate of drug-likeness (QED) is 0.798. The molecule has 2 N–H and O–H groups in total. The lowest BCUT2D eigenvalue weighted by Crippen LogP contribution is -2.10. The first-order valence-corrected chi connectivity index (χ1v) is 5.59. The summed E-state index contributed by atoms with van der Waals surface area (Å²) in [5, 5.41) is 0.120. The molecule has 6 heteroatoms. The maximum Gasteiger partial charge on any atom is 0.298 e. The molecule has 0 atom stereocenters. The molecular formula is C8H10ClNO3S. The lowest BCUT2D eigenvalue weighted by molar-refractivity contribution is 0.397. The summed E-state index contributed by atoms with van der Waals surface area (Å²) in [5.74, 6) is 0. The Morgan fingerprint density at radius 3 is 2.64 bits per heavy atom. The minimum Gasteiger partial charge on any atom is -0.326 e. The molecule has 0 saturated heterocycles. The van der Waals surface area contributed by atoms with Gasteiger partial charge in [-0.1, -0.05) is 23.7 Å². The van der Waals surface area contributed by atoms with Crippen molar-refractivity contribution in [2.24, 2.45) is 5.73 Å². The summed E-state index contributed by atoms with van der Waals surface area (Å²) in [5.41, 5.74) is 5.84. The normalized spacial score (nSPS) is 11.6. The Bertz CT molecular complexity index is 430. The highest BCUT2D eigenvalue weighted by molar-refractivity contribution is 7.87. The summed E-state index contributed by atoms with van der Waals surface area (Å²) in [6, 6.07) is 4.71. The predicted octanol–water partition coefficient (Wildman–Crippen LogP) is 1.13. The van der Waals surface area contributed by atoms with E-state index in [1.807, 2.05) is 0 Å². The maximum absolute atomic E-state index is 11.4. The van der Waals surface area contributed by atoms with Crippen molar-refractivity contribution in [3.8, 4) is 0 Å². The molecule has 1 aromatic rings. The molecule has 0 amide bonds. The topological polar surface area (TPSA) is 69.4 Å². The van der Waals surface area contributed by atoms with Gasteiger partial charge >= 0.3 is 0 Å². The summed E-state index contributed by atoms with van der Waals surface area (Å²) >= 11 is 5.76. The van der Waals surface area contributed by atoms with Crippen LogP contribution in [-0.2, 0) is 20.8 Å². The molecule has 4 nitrogen and oxygen atoms in total. The SMILES string of the molecule is COS(=O)(=O)c1c(Cl)cccc1CN. The van der Waals surface area contributed by atoms with Crippen molar-refractivity contribution >= 4 is 21.7 Å². The number of hydrogen-bond acceptors (Lipinski definition) is 4. The summed E-state index contributed by atoms with van der Waals surface area (Å²) in [7, 11) is -2.70. The van der Waals surface area contributed by atoms with E-state index in [1.165, 1.54) is 6.07 Å². The Balaban J connectivity index is 3.46. The fourth-order valence-electron chi connectivity index (χ4n) is 1.08. The van der Waals surface area contributed by atoms with Crippen molar-refractivity contribution in [2.75, 3.05) is 7.11 Å². The number of rotatable bonds is 3. The second-order valence-corrected chi connectivity index (χ2v) is 4.61. The van der Waals surface area contributed by atoms with Crippen LogP contribution in [0.3, 0.4) is 0 Å². The standard InChI is InChI=1S/C8H10ClNO3S/c1-13-14(11,12)8-6(5-10)3-2-4-7(8)9/h2-4H,5,10H2,1H3. The Morgan fingerprint density at radius 2 is 2.14 bits per heavy atom. The molecule has 0 aliphatic rings. The van der Waals surface area contributed by atoms with Crippen molar-refractivity contribution in [3.05, 3.63) is 28.8 Å². The molecule has 1 rings (SSSR count). The average Bonchev–Trinajstić information content (AvgIpc) is 2.17. The molecule has 0 heterocycles. The van der Waals surface area contributed by atoms with Gasteiger partial charge in [-0.2, -0.15) is 8.42 Å². The highest BCUT2D eigenvalue weighted by atomic mass is 35.5. The van der Waals surface area contributed by atoms with E-state index >= 15 is 0 Å². The van der Waals surface area contributed by atoms with Gasteiger partial charge in [0, 0.05) is 6.54 Å². The van der Waals surface area contributed by atoms with Crippen molar-refractivity contribution < 1.29 is 12.6 Å². The fourth-order valence-corrected chi connectivity index (χ4v) is 2.50. The van der Waals surface area contributed by atoms with Gasteiger partial charge in [-0.25, -0.2) is 0 Å². The van der Waals surface area contributed by atoms with E-state index in [4.69, 9.17) is 17.3 Å². The fraction of sp³-hybridized carbons (Fsp3) is 0.250. The largest absolute Gasteiger partial charge is 0.326 e. The van der Waals surface area contributed by atoms with Crippen molar-refractivity contribution in [1.29, 1.82) is 0 Å². The molecule has 0 saturated carbocycles. The zero-order valence-electron chi connectivity index (χ0n) is 7.53. The van der Waals surface area contributed by atoms with Crippen LogP contribution >= 0.6 is 11.6 Å². The van der Waals surface area contributed by atoms with Crippen LogP contribution in [0.25, 0.3) is 0 Å². The lowest BCUT2D eigenvalue weighted by atomic mass is 10.2. The summed E-state index contributed by atoms with van der Waals surface area (Å²) < 4.78 is 27.3. The molecule has 0 aliphatic carbocycles. The smallest absolute Gasteiger partial charge is 0.298 e. The molecule has 1 aromatic carbocycles. The Kier molecular flexibility index (Phi) is 3.49. The monoisotopic (exact) mass is 235 g/mol. The van der Waals surface area contributed by atoms with Crippen LogP contribution in [0, 0.1) is 0 Å². The Hall–Kier alpha value is -0.620. The highest BCUT2D eigenvalue weighted by Crippen LogP contribution is 2.26. The van der Waals surface area contributed by atoms with Gasteiger partial charge in [-0.15, -0.1) is 0 Å². The molecule has 0 fully saturated rings. The summed E-state index contributed by atoms with van der Waals surface area (Å²) in [4.78, 5) is -0.0494. The van der Waals surface area contributed by atoms with Gasteiger partial charge in [0.2, 0.25) is 0 Å². The van der Waals surface area contributed by atoms with Crippen molar-refractivity contribution in [3.63, 3.8) is 0 Å². The third kappa shape index (κ3) is 2.06. The average molecular weight is 236 g/mol. The van der Waals surface area contributed by atoms with E-state index in [2.05, 4.69) is 4.18 Å². The van der Waals surface area contributed by atoms with E-state index in [9.17, 15) is 8.42 Å². The number of nitrogens with two attached hydrogens (primary N) is 1. The van der Waals surface area contributed by atoms with Crippen LogP contribution < -0.4 is 5.73 Å². The Morgan fingerprint density at radius 1 is 1.50 bits per heavy atom. The van der Waals surface area contributed by atoms with Crippen molar-refractivity contribution in [1.82, 2.24) is 0 Å². The molecule has 0 radical (unpaired) electrons. The molecule has 14 heavy (non-hydrogen) atoms. The molecule has 0 aliphatic heterocycles. The molecule has 0 bridgehead atoms. The zero-order chi connectivity index (χ0) is 10.8. The van der Waals surface area contributed by atoms with Crippen LogP contribution in [0.4, 0.5) is 0 Å². The van der Waals surface area contributed by atoms with Gasteiger partial charge < -0.3 is 5.73 Å². The first-order valence-electron chi connectivity index (χ1n) is 3.81. The van der Waals surface area contributed by atoms with Crippen LogP contribution in [0.15, 0.2) is 23.1 Å². The van der Waals surface area contributed by atoms with Gasteiger partial charge in [0.1, 0.15) is 4.90 Å². The van der Waals surface area contributed by atoms with Gasteiger partial charge in [-0.3, -0.25) is 4.18 Å². The van der Waals surface area contributed by atoms with Crippen LogP contribution in [0.5, 0.6) is 0 Å². The summed E-state index contributed by atoms with van der Waals surface area (Å²) in [6.07, 6.45) is 0. The summed E-state index contributed by atoms with van der Waals surface area (Å²) in [6.45, 7) is 0.0957. The molecule has 0 aromatic heterocycles. The van der Waals surface area contributed by atoms with Crippen LogP contribution in [0.2, 0.25) is 5.02 Å². The number of benzene rings is 1. The van der Waals surface area contributed by atoms with Gasteiger partial charge in [0.25, 0.3) is 10.1 Å². The van der Waals surface area contributed by atoms with Gasteiger partial charge in [-0.05, 0) is 11.6 Å². The van der Waals surface area contributed by atoms with E-state index in [0.717, 1.165) is 7.11 Å². The third-order valence-electron chi connectivity index (χ3n) is 1.74. The molecule has 78 valence electrons. The second kappa shape index (κ2) is 4.27. The second-order valence-electron chi connectivity index (χ2n) is 2.55. The molecular weight excluding hydrogens is 226 g/mol. The Labute approximate surface area is 87.8 Å². The van der Waals surface area contributed by atoms with Gasteiger partial charge in [0.15, 0.2) is 0 Å². The molecule has 0 unspecified atom stereocenters. The van der Waals surface area contributed by atoms with E-state index in [-0.39, 0.29) is 16.5 Å². The number of hydrogen-bond donors (Lipinski definition) is 1. The van der Waals surface area contributed by atoms with E-state index in [1.54, 1.807) is 12.1 Å². The van der Waals surface area contributed by atoms with Gasteiger partial charge in [0.05, 0.1) is 12.1 Å².